The van der Waals surface area contributed by atoms with Gasteiger partial charge in [-0.3, -0.25) is 24.2 Å². The largest absolute Gasteiger partial charge is 0.340 e. The third-order valence-corrected chi connectivity index (χ3v) is 7.95. The molecule has 186 valence electrons. The Labute approximate surface area is 213 Å². The number of amides is 3. The fourth-order valence-electron chi connectivity index (χ4n) is 5.21. The maximum atomic E-state index is 13.7. The highest BCUT2D eigenvalue weighted by Crippen LogP contribution is 2.32. The summed E-state index contributed by atoms with van der Waals surface area (Å²) in [6.07, 6.45) is 4.05. The van der Waals surface area contributed by atoms with Crippen LogP contribution in [0.2, 0.25) is 0 Å². The molecule has 3 aromatic rings. The van der Waals surface area contributed by atoms with Crippen LogP contribution in [0.25, 0.3) is 10.1 Å². The molecule has 1 aromatic carbocycles. The van der Waals surface area contributed by atoms with E-state index < -0.39 is 12.1 Å². The molecule has 3 amide bonds. The fraction of sp³-hybridized carbons (Fsp3) is 0.370. The first-order valence-electron chi connectivity index (χ1n) is 12.2. The van der Waals surface area contributed by atoms with E-state index in [0.29, 0.717) is 29.8 Å². The Kier molecular flexibility index (Phi) is 6.57. The summed E-state index contributed by atoms with van der Waals surface area (Å²) in [7, 11) is 0. The van der Waals surface area contributed by atoms with Gasteiger partial charge in [-0.1, -0.05) is 32.0 Å². The van der Waals surface area contributed by atoms with Crippen LogP contribution < -0.4 is 5.32 Å². The Morgan fingerprint density at radius 3 is 2.67 bits per heavy atom. The van der Waals surface area contributed by atoms with E-state index in [1.165, 1.54) is 17.5 Å². The zero-order chi connectivity index (χ0) is 25.4. The summed E-state index contributed by atoms with van der Waals surface area (Å²) in [4.78, 5) is 60.6. The van der Waals surface area contributed by atoms with Gasteiger partial charge in [-0.15, -0.1) is 11.3 Å². The summed E-state index contributed by atoms with van der Waals surface area (Å²) >= 11 is 1.39. The van der Waals surface area contributed by atoms with Gasteiger partial charge in [-0.05, 0) is 48.4 Å². The van der Waals surface area contributed by atoms with Gasteiger partial charge in [0.15, 0.2) is 5.78 Å². The van der Waals surface area contributed by atoms with Crippen molar-refractivity contribution in [3.05, 3.63) is 65.3 Å². The lowest BCUT2D eigenvalue weighted by atomic mass is 10.0. The number of rotatable bonds is 6. The number of likely N-dealkylation sites (tertiary alicyclic amines) is 2. The third kappa shape index (κ3) is 4.51. The van der Waals surface area contributed by atoms with Crippen LogP contribution in [0.1, 0.15) is 46.7 Å². The Bertz CT molecular complexity index is 1290. The van der Waals surface area contributed by atoms with E-state index in [2.05, 4.69) is 10.3 Å². The molecular formula is C27H28N4O4S. The van der Waals surface area contributed by atoms with E-state index in [1.54, 1.807) is 28.1 Å². The van der Waals surface area contributed by atoms with Crippen molar-refractivity contribution < 1.29 is 19.2 Å². The van der Waals surface area contributed by atoms with E-state index in [9.17, 15) is 19.2 Å². The molecule has 0 bridgehead atoms. The minimum Gasteiger partial charge on any atom is -0.340 e. The molecule has 0 aliphatic carbocycles. The number of hydrogen-bond donors (Lipinski definition) is 1. The highest BCUT2D eigenvalue weighted by Gasteiger charge is 2.52. The maximum Gasteiger partial charge on any atom is 0.262 e. The average Bonchev–Trinajstić information content (AvgIpc) is 3.58. The molecule has 5 rings (SSSR count). The number of nitrogens with one attached hydrogen (secondary N) is 1. The normalized spacial score (nSPS) is 20.1. The van der Waals surface area contributed by atoms with Gasteiger partial charge in [0, 0.05) is 23.6 Å². The Hall–Kier alpha value is -3.59. The van der Waals surface area contributed by atoms with Crippen molar-refractivity contribution in [2.24, 2.45) is 5.92 Å². The average molecular weight is 505 g/mol. The van der Waals surface area contributed by atoms with Crippen LogP contribution in [0.4, 0.5) is 0 Å². The molecule has 2 aromatic heterocycles. The summed E-state index contributed by atoms with van der Waals surface area (Å²) in [6, 6.07) is 11.1. The van der Waals surface area contributed by atoms with E-state index in [0.717, 1.165) is 10.1 Å². The zero-order valence-electron chi connectivity index (χ0n) is 20.2. The predicted octanol–water partition coefficient (Wildman–Crippen LogP) is 3.14. The molecule has 2 aliphatic heterocycles. The molecule has 0 saturated carbocycles. The first-order valence-corrected chi connectivity index (χ1v) is 13.0. The Morgan fingerprint density at radius 1 is 1.14 bits per heavy atom. The van der Waals surface area contributed by atoms with Gasteiger partial charge >= 0.3 is 0 Å². The molecule has 2 saturated heterocycles. The first kappa shape index (κ1) is 24.1. The number of hydrogen-bond acceptors (Lipinski definition) is 6. The molecule has 36 heavy (non-hydrogen) atoms. The molecule has 0 spiro atoms. The molecule has 8 nitrogen and oxygen atoms in total. The molecular weight excluding hydrogens is 476 g/mol. The van der Waals surface area contributed by atoms with E-state index in [-0.39, 0.29) is 42.0 Å². The van der Waals surface area contributed by atoms with Gasteiger partial charge in [-0.25, -0.2) is 0 Å². The summed E-state index contributed by atoms with van der Waals surface area (Å²) < 4.78 is 1.01. The van der Waals surface area contributed by atoms with Gasteiger partial charge in [0.25, 0.3) is 11.8 Å². The maximum absolute atomic E-state index is 13.7. The number of aromatic nitrogens is 1. The van der Waals surface area contributed by atoms with Gasteiger partial charge in [0.1, 0.15) is 12.1 Å². The topological polar surface area (TPSA) is 99.7 Å². The highest BCUT2D eigenvalue weighted by atomic mass is 32.1. The first-order chi connectivity index (χ1) is 17.3. The van der Waals surface area contributed by atoms with Crippen LogP contribution in [-0.4, -0.2) is 69.5 Å². The van der Waals surface area contributed by atoms with Crippen molar-refractivity contribution in [1.29, 1.82) is 0 Å². The second-order valence-electron chi connectivity index (χ2n) is 9.78. The quantitative estimate of drug-likeness (QED) is 0.556. The number of nitrogens with zero attached hydrogens (tertiary/aromatic N) is 3. The number of thiophene rings is 1. The number of ketones is 1. The van der Waals surface area contributed by atoms with Crippen molar-refractivity contribution in [2.45, 2.75) is 44.8 Å². The van der Waals surface area contributed by atoms with Crippen LogP contribution >= 0.6 is 11.3 Å². The Balaban J connectivity index is 1.34. The number of Topliss-reactive ketones (excluding diaryl/α,β-unsaturated/α-hetero) is 1. The highest BCUT2D eigenvalue weighted by molar-refractivity contribution is 7.20. The lowest BCUT2D eigenvalue weighted by Crippen LogP contribution is -2.52. The Morgan fingerprint density at radius 2 is 1.94 bits per heavy atom. The summed E-state index contributed by atoms with van der Waals surface area (Å²) in [5.41, 5.74) is 0.420. The van der Waals surface area contributed by atoms with Gasteiger partial charge in [-0.2, -0.15) is 0 Å². The standard InChI is InChI=1S/C27H28N4O4S/c1-16(2)12-19(29-25(33)23-13-17-6-3-4-8-22(17)36-23)27(35)30-11-9-20-24(30)21(32)15-31(20)26(34)18-7-5-10-28-14-18/h3-8,10,13-14,16,19-20,24H,9,11-12,15H2,1-2H3,(H,29,33)/t19-,20+,24-/m0/s1. The van der Waals surface area contributed by atoms with Crippen molar-refractivity contribution in [1.82, 2.24) is 20.1 Å². The molecule has 2 aliphatic rings. The fourth-order valence-corrected chi connectivity index (χ4v) is 6.18. The van der Waals surface area contributed by atoms with Crippen molar-refractivity contribution >= 4 is 44.9 Å². The van der Waals surface area contributed by atoms with Gasteiger partial charge < -0.3 is 15.1 Å². The predicted molar refractivity (Wildman–Crippen MR) is 137 cm³/mol. The molecule has 1 N–H and O–H groups in total. The number of fused-ring (bicyclic) bond motifs is 2. The van der Waals surface area contributed by atoms with Gasteiger partial charge in [0.2, 0.25) is 5.91 Å². The smallest absolute Gasteiger partial charge is 0.262 e. The molecule has 0 unspecified atom stereocenters. The van der Waals surface area contributed by atoms with Crippen LogP contribution in [-0.2, 0) is 9.59 Å². The minimum absolute atomic E-state index is 0.0319. The second-order valence-corrected chi connectivity index (χ2v) is 10.9. The van der Waals surface area contributed by atoms with Crippen molar-refractivity contribution in [2.75, 3.05) is 13.1 Å². The minimum atomic E-state index is -0.752. The van der Waals surface area contributed by atoms with E-state index in [1.807, 2.05) is 44.2 Å². The zero-order valence-corrected chi connectivity index (χ0v) is 21.0. The van der Waals surface area contributed by atoms with Crippen molar-refractivity contribution in [3.63, 3.8) is 0 Å². The lowest BCUT2D eigenvalue weighted by Gasteiger charge is -2.29. The number of benzene rings is 1. The number of carbonyl (C=O) groups is 4. The molecule has 9 heteroatoms. The third-order valence-electron chi connectivity index (χ3n) is 6.83. The van der Waals surface area contributed by atoms with Crippen LogP contribution in [0.3, 0.4) is 0 Å². The van der Waals surface area contributed by atoms with E-state index >= 15 is 0 Å². The van der Waals surface area contributed by atoms with Crippen molar-refractivity contribution in [3.8, 4) is 0 Å². The molecule has 4 heterocycles. The lowest BCUT2D eigenvalue weighted by molar-refractivity contribution is -0.138. The second kappa shape index (κ2) is 9.81. The molecule has 2 fully saturated rings. The van der Waals surface area contributed by atoms with Crippen LogP contribution in [0, 0.1) is 5.92 Å². The van der Waals surface area contributed by atoms with Gasteiger partial charge in [0.05, 0.1) is 23.0 Å². The summed E-state index contributed by atoms with van der Waals surface area (Å²) in [5, 5.41) is 3.92. The van der Waals surface area contributed by atoms with E-state index in [4.69, 9.17) is 0 Å². The summed E-state index contributed by atoms with van der Waals surface area (Å²) in [5.74, 6) is -0.813. The summed E-state index contributed by atoms with van der Waals surface area (Å²) in [6.45, 7) is 4.32. The number of carbonyl (C=O) groups excluding carboxylic acids is 4. The molecule has 3 atom stereocenters. The molecule has 0 radical (unpaired) electrons. The SMILES string of the molecule is CC(C)C[C@H](NC(=O)c1cc2ccccc2s1)C(=O)N1CC[C@@H]2[C@H]1C(=O)CN2C(=O)c1cccnc1. The number of pyridine rings is 1. The van der Waals surface area contributed by atoms with Crippen LogP contribution in [0.5, 0.6) is 0 Å². The van der Waals surface area contributed by atoms with Crippen LogP contribution in [0.15, 0.2) is 54.9 Å². The monoisotopic (exact) mass is 504 g/mol.